The van der Waals surface area contributed by atoms with E-state index in [1.807, 2.05) is 29.6 Å². The van der Waals surface area contributed by atoms with Crippen LogP contribution in [0.4, 0.5) is 11.4 Å². The molecule has 3 N–H and O–H groups in total. The molecule has 144 valence electrons. The van der Waals surface area contributed by atoms with Gasteiger partial charge >= 0.3 is 0 Å². The Bertz CT molecular complexity index is 1070. The van der Waals surface area contributed by atoms with E-state index in [0.717, 1.165) is 29.8 Å². The fourth-order valence-electron chi connectivity index (χ4n) is 3.59. The lowest BCUT2D eigenvalue weighted by Crippen LogP contribution is -2.35. The van der Waals surface area contributed by atoms with E-state index in [2.05, 4.69) is 16.5 Å². The van der Waals surface area contributed by atoms with E-state index < -0.39 is 11.6 Å². The smallest absolute Gasteiger partial charge is 0.290 e. The number of hydrogen-bond donors (Lipinski definition) is 2. The summed E-state index contributed by atoms with van der Waals surface area (Å²) in [6, 6.07) is 10.6. The van der Waals surface area contributed by atoms with Gasteiger partial charge in [0.05, 0.1) is 4.88 Å². The van der Waals surface area contributed by atoms with Gasteiger partial charge in [-0.2, -0.15) is 5.10 Å². The Morgan fingerprint density at radius 3 is 2.86 bits per heavy atom. The normalized spacial score (nSPS) is 14.3. The van der Waals surface area contributed by atoms with Gasteiger partial charge in [0.15, 0.2) is 0 Å². The molecule has 1 amide bonds. The molecule has 0 unspecified atom stereocenters. The number of aromatic nitrogens is 2. The molecular weight excluding hydrogens is 372 g/mol. The zero-order valence-electron chi connectivity index (χ0n) is 15.6. The lowest BCUT2D eigenvalue weighted by molar-refractivity contribution is -0.119. The second-order valence-corrected chi connectivity index (χ2v) is 7.98. The van der Waals surface area contributed by atoms with Crippen molar-refractivity contribution in [3.63, 3.8) is 0 Å². The van der Waals surface area contributed by atoms with Crippen LogP contribution in [0.1, 0.15) is 36.9 Å². The van der Waals surface area contributed by atoms with E-state index in [1.54, 1.807) is 13.0 Å². The molecule has 0 radical (unpaired) electrons. The molecule has 0 fully saturated rings. The van der Waals surface area contributed by atoms with Crippen LogP contribution in [0, 0.1) is 0 Å². The highest BCUT2D eigenvalue weighted by molar-refractivity contribution is 7.13. The van der Waals surface area contributed by atoms with Gasteiger partial charge in [0, 0.05) is 5.69 Å². The first-order valence-electron chi connectivity index (χ1n) is 9.39. The summed E-state index contributed by atoms with van der Waals surface area (Å²) in [6.45, 7) is 1.66. The van der Waals surface area contributed by atoms with Gasteiger partial charge in [-0.05, 0) is 67.3 Å². The highest BCUT2D eigenvalue weighted by Gasteiger charge is 2.22. The number of amides is 1. The van der Waals surface area contributed by atoms with Gasteiger partial charge in [-0.15, -0.1) is 11.3 Å². The first-order chi connectivity index (χ1) is 13.5. The summed E-state index contributed by atoms with van der Waals surface area (Å²) in [5.41, 5.74) is 9.42. The molecule has 1 aliphatic rings. The molecule has 0 saturated heterocycles. The molecule has 0 spiro atoms. The third-order valence-corrected chi connectivity index (χ3v) is 6.03. The third-order valence-electron chi connectivity index (χ3n) is 5.14. The van der Waals surface area contributed by atoms with E-state index in [4.69, 9.17) is 5.73 Å². The van der Waals surface area contributed by atoms with Gasteiger partial charge < -0.3 is 11.1 Å². The van der Waals surface area contributed by atoms with Gasteiger partial charge in [0.1, 0.15) is 17.4 Å². The Labute approximate surface area is 167 Å². The van der Waals surface area contributed by atoms with Crippen LogP contribution in [-0.2, 0) is 17.6 Å². The molecule has 0 bridgehead atoms. The van der Waals surface area contributed by atoms with Crippen LogP contribution in [0.15, 0.2) is 46.6 Å². The van der Waals surface area contributed by atoms with Crippen molar-refractivity contribution in [3.8, 4) is 10.6 Å². The van der Waals surface area contributed by atoms with Crippen LogP contribution in [0.2, 0.25) is 0 Å². The Morgan fingerprint density at radius 1 is 1.25 bits per heavy atom. The third kappa shape index (κ3) is 3.45. The number of aryl methyl sites for hydroxylation is 1. The number of benzene rings is 1. The second kappa shape index (κ2) is 7.59. The zero-order chi connectivity index (χ0) is 19.7. The number of anilines is 2. The zero-order valence-corrected chi connectivity index (χ0v) is 16.5. The minimum atomic E-state index is -0.783. The van der Waals surface area contributed by atoms with Crippen LogP contribution < -0.4 is 16.6 Å². The average Bonchev–Trinajstić information content (AvgIpc) is 3.24. The van der Waals surface area contributed by atoms with Gasteiger partial charge in [0.2, 0.25) is 5.91 Å². The van der Waals surface area contributed by atoms with Crippen molar-refractivity contribution < 1.29 is 4.79 Å². The Kier molecular flexibility index (Phi) is 5.00. The van der Waals surface area contributed by atoms with E-state index in [-0.39, 0.29) is 11.6 Å². The summed E-state index contributed by atoms with van der Waals surface area (Å²) in [7, 11) is 0. The average molecular weight is 394 g/mol. The topological polar surface area (TPSA) is 90.0 Å². The Hall–Kier alpha value is -2.93. The summed E-state index contributed by atoms with van der Waals surface area (Å²) in [6.07, 6.45) is 4.29. The van der Waals surface area contributed by atoms with Crippen LogP contribution in [-0.4, -0.2) is 15.7 Å². The fourth-order valence-corrected chi connectivity index (χ4v) is 4.27. The number of rotatable bonds is 4. The van der Waals surface area contributed by atoms with E-state index in [0.29, 0.717) is 5.69 Å². The molecular formula is C21H22N4O2S. The maximum atomic E-state index is 12.9. The van der Waals surface area contributed by atoms with Gasteiger partial charge in [-0.1, -0.05) is 18.2 Å². The van der Waals surface area contributed by atoms with Crippen LogP contribution in [0.25, 0.3) is 10.6 Å². The summed E-state index contributed by atoms with van der Waals surface area (Å²) in [5.74, 6) is -0.281. The van der Waals surface area contributed by atoms with Crippen molar-refractivity contribution in [2.24, 2.45) is 0 Å². The molecule has 0 aliphatic heterocycles. The number of carbonyl (C=O) groups excluding carboxylic acids is 1. The Balaban J connectivity index is 1.64. The van der Waals surface area contributed by atoms with Crippen LogP contribution >= 0.6 is 11.3 Å². The predicted molar refractivity (Wildman–Crippen MR) is 113 cm³/mol. The number of nitrogen functional groups attached to an aromatic ring is 1. The van der Waals surface area contributed by atoms with Crippen molar-refractivity contribution >= 4 is 28.6 Å². The fraction of sp³-hybridized carbons (Fsp3) is 0.286. The minimum Gasteiger partial charge on any atom is -0.394 e. The van der Waals surface area contributed by atoms with E-state index in [9.17, 15) is 9.59 Å². The molecule has 0 saturated carbocycles. The van der Waals surface area contributed by atoms with Crippen LogP contribution in [0.5, 0.6) is 0 Å². The SMILES string of the molecule is C[C@@H](C(=O)Nc1cccc2c1CCCC2)n1nc(-c2cccs2)cc(N)c1=O. The van der Waals surface area contributed by atoms with E-state index in [1.165, 1.54) is 33.6 Å². The highest BCUT2D eigenvalue weighted by Crippen LogP contribution is 2.28. The van der Waals surface area contributed by atoms with Crippen molar-refractivity contribution in [1.82, 2.24) is 9.78 Å². The standard InChI is InChI=1S/C21H22N4O2S/c1-13(20(26)23-17-9-4-7-14-6-2-3-8-15(14)17)25-21(27)16(22)12-18(24-25)19-10-5-11-28-19/h4-5,7,9-13H,2-3,6,8,22H2,1H3,(H,23,26)/t13-/m0/s1. The van der Waals surface area contributed by atoms with Gasteiger partial charge in [-0.25, -0.2) is 4.68 Å². The number of nitrogens with two attached hydrogens (primary N) is 1. The first-order valence-corrected chi connectivity index (χ1v) is 10.3. The molecule has 1 aliphatic carbocycles. The monoisotopic (exact) mass is 394 g/mol. The number of thiophene rings is 1. The summed E-state index contributed by atoms with van der Waals surface area (Å²) >= 11 is 1.50. The quantitative estimate of drug-likeness (QED) is 0.707. The van der Waals surface area contributed by atoms with Crippen molar-refractivity contribution in [3.05, 3.63) is 63.3 Å². The van der Waals surface area contributed by atoms with E-state index >= 15 is 0 Å². The van der Waals surface area contributed by atoms with Gasteiger partial charge in [0.25, 0.3) is 5.56 Å². The van der Waals surface area contributed by atoms with Gasteiger partial charge in [-0.3, -0.25) is 9.59 Å². The predicted octanol–water partition coefficient (Wildman–Crippen LogP) is 3.63. The molecule has 1 atom stereocenters. The highest BCUT2D eigenvalue weighted by atomic mass is 32.1. The number of nitrogens with one attached hydrogen (secondary N) is 1. The molecule has 2 heterocycles. The lowest BCUT2D eigenvalue weighted by Gasteiger charge is -2.21. The number of nitrogens with zero attached hydrogens (tertiary/aromatic N) is 2. The minimum absolute atomic E-state index is 0.0788. The number of fused-ring (bicyclic) bond motifs is 1. The molecule has 3 aromatic rings. The molecule has 2 aromatic heterocycles. The molecule has 7 heteroatoms. The maximum absolute atomic E-state index is 12.9. The van der Waals surface area contributed by atoms with Crippen molar-refractivity contribution in [2.45, 2.75) is 38.6 Å². The maximum Gasteiger partial charge on any atom is 0.290 e. The summed E-state index contributed by atoms with van der Waals surface area (Å²) < 4.78 is 1.18. The second-order valence-electron chi connectivity index (χ2n) is 7.03. The Morgan fingerprint density at radius 2 is 2.07 bits per heavy atom. The van der Waals surface area contributed by atoms with Crippen molar-refractivity contribution in [1.29, 1.82) is 0 Å². The van der Waals surface area contributed by atoms with Crippen LogP contribution in [0.3, 0.4) is 0 Å². The summed E-state index contributed by atoms with van der Waals surface area (Å²) in [4.78, 5) is 26.3. The first kappa shape index (κ1) is 18.4. The largest absolute Gasteiger partial charge is 0.394 e. The molecule has 1 aromatic carbocycles. The molecule has 28 heavy (non-hydrogen) atoms. The lowest BCUT2D eigenvalue weighted by atomic mass is 9.90. The number of carbonyl (C=O) groups is 1. The summed E-state index contributed by atoms with van der Waals surface area (Å²) in [5, 5.41) is 9.32. The molecule has 4 rings (SSSR count). The van der Waals surface area contributed by atoms with Crippen molar-refractivity contribution in [2.75, 3.05) is 11.1 Å². The number of hydrogen-bond acceptors (Lipinski definition) is 5. The molecule has 6 nitrogen and oxygen atoms in total.